The van der Waals surface area contributed by atoms with E-state index in [1.165, 1.54) is 6.42 Å². The molecule has 0 aromatic rings. The minimum absolute atomic E-state index is 0.614. The van der Waals surface area contributed by atoms with E-state index in [-0.39, 0.29) is 0 Å². The Morgan fingerprint density at radius 1 is 1.50 bits per heavy atom. The van der Waals surface area contributed by atoms with Crippen molar-refractivity contribution in [2.45, 2.75) is 33.2 Å². The predicted molar refractivity (Wildman–Crippen MR) is 47.1 cm³/mol. The van der Waals surface area contributed by atoms with Gasteiger partial charge in [0.05, 0.1) is 0 Å². The lowest BCUT2D eigenvalue weighted by atomic mass is 10.0. The van der Waals surface area contributed by atoms with Gasteiger partial charge in [-0.25, -0.2) is 0 Å². The molecule has 0 radical (unpaired) electrons. The van der Waals surface area contributed by atoms with Gasteiger partial charge in [0.1, 0.15) is 0 Å². The molecule has 0 aromatic carbocycles. The highest BCUT2D eigenvalue weighted by atomic mass is 14.9. The van der Waals surface area contributed by atoms with Crippen LogP contribution in [-0.4, -0.2) is 12.6 Å². The first-order chi connectivity index (χ1) is 4.72. The minimum atomic E-state index is 0.614. The van der Waals surface area contributed by atoms with Crippen molar-refractivity contribution in [2.24, 2.45) is 5.92 Å². The molecule has 0 spiro atoms. The molecule has 2 atom stereocenters. The Labute approximate surface area is 64.5 Å². The van der Waals surface area contributed by atoms with Crippen LogP contribution in [-0.2, 0) is 0 Å². The van der Waals surface area contributed by atoms with Crippen molar-refractivity contribution in [3.8, 4) is 0 Å². The maximum Gasteiger partial charge on any atom is 0.0134 e. The van der Waals surface area contributed by atoms with Gasteiger partial charge in [-0.1, -0.05) is 26.3 Å². The van der Waals surface area contributed by atoms with Crippen molar-refractivity contribution >= 4 is 0 Å². The van der Waals surface area contributed by atoms with Gasteiger partial charge in [-0.3, -0.25) is 0 Å². The van der Waals surface area contributed by atoms with Gasteiger partial charge >= 0.3 is 0 Å². The van der Waals surface area contributed by atoms with Gasteiger partial charge in [-0.15, -0.1) is 6.58 Å². The normalized spacial score (nSPS) is 16.3. The van der Waals surface area contributed by atoms with Crippen LogP contribution in [0.25, 0.3) is 0 Å². The summed E-state index contributed by atoms with van der Waals surface area (Å²) in [6, 6.07) is 0.614. The number of hydrogen-bond acceptors (Lipinski definition) is 1. The Hall–Kier alpha value is -0.300. The molecule has 0 rings (SSSR count). The number of rotatable bonds is 5. The van der Waals surface area contributed by atoms with Gasteiger partial charge in [-0.05, 0) is 12.8 Å². The Kier molecular flexibility index (Phi) is 5.32. The highest BCUT2D eigenvalue weighted by Gasteiger charge is 2.06. The van der Waals surface area contributed by atoms with Crippen molar-refractivity contribution < 1.29 is 0 Å². The third kappa shape index (κ3) is 3.67. The smallest absolute Gasteiger partial charge is 0.0134 e. The first kappa shape index (κ1) is 9.70. The lowest BCUT2D eigenvalue weighted by molar-refractivity contribution is 0.404. The van der Waals surface area contributed by atoms with Crippen LogP contribution in [0.1, 0.15) is 27.2 Å². The van der Waals surface area contributed by atoms with Crippen molar-refractivity contribution in [3.05, 3.63) is 12.7 Å². The van der Waals surface area contributed by atoms with Crippen molar-refractivity contribution in [1.29, 1.82) is 0 Å². The first-order valence-corrected chi connectivity index (χ1v) is 4.06. The maximum absolute atomic E-state index is 3.66. The zero-order valence-electron chi connectivity index (χ0n) is 7.35. The maximum atomic E-state index is 3.66. The molecule has 0 heterocycles. The second-order valence-electron chi connectivity index (χ2n) is 2.87. The summed E-state index contributed by atoms with van der Waals surface area (Å²) in [6.45, 7) is 11.3. The molecule has 0 saturated heterocycles. The second-order valence-corrected chi connectivity index (χ2v) is 2.87. The molecule has 0 fully saturated rings. The van der Waals surface area contributed by atoms with E-state index in [4.69, 9.17) is 0 Å². The molecule has 0 aliphatic heterocycles. The molecule has 0 bridgehead atoms. The zero-order chi connectivity index (χ0) is 7.98. The number of nitrogens with one attached hydrogen (secondary N) is 1. The lowest BCUT2D eigenvalue weighted by Gasteiger charge is -2.18. The Morgan fingerprint density at radius 2 is 2.10 bits per heavy atom. The average Bonchev–Trinajstić information content (AvgIpc) is 1.98. The lowest BCUT2D eigenvalue weighted by Crippen LogP contribution is -2.31. The highest BCUT2D eigenvalue weighted by Crippen LogP contribution is 2.05. The summed E-state index contributed by atoms with van der Waals surface area (Å²) in [7, 11) is 0. The molecular formula is C9H19N. The van der Waals surface area contributed by atoms with E-state index < -0.39 is 0 Å². The number of hydrogen-bond donors (Lipinski definition) is 1. The van der Waals surface area contributed by atoms with Crippen LogP contribution < -0.4 is 5.32 Å². The monoisotopic (exact) mass is 141 g/mol. The molecule has 1 heteroatoms. The van der Waals surface area contributed by atoms with Crippen LogP contribution in [0.5, 0.6) is 0 Å². The van der Waals surface area contributed by atoms with Crippen LogP contribution in [0.4, 0.5) is 0 Å². The van der Waals surface area contributed by atoms with Gasteiger partial charge in [0, 0.05) is 12.6 Å². The van der Waals surface area contributed by atoms with Crippen LogP contribution in [0.15, 0.2) is 12.7 Å². The minimum Gasteiger partial charge on any atom is -0.311 e. The summed E-state index contributed by atoms with van der Waals surface area (Å²) < 4.78 is 0. The largest absolute Gasteiger partial charge is 0.311 e. The van der Waals surface area contributed by atoms with Crippen molar-refractivity contribution in [1.82, 2.24) is 5.32 Å². The van der Waals surface area contributed by atoms with E-state index >= 15 is 0 Å². The second kappa shape index (κ2) is 5.48. The van der Waals surface area contributed by atoms with Crippen LogP contribution >= 0.6 is 0 Å². The summed E-state index contributed by atoms with van der Waals surface area (Å²) in [5.41, 5.74) is 0. The van der Waals surface area contributed by atoms with Crippen LogP contribution in [0, 0.1) is 5.92 Å². The summed E-state index contributed by atoms with van der Waals surface area (Å²) >= 11 is 0. The van der Waals surface area contributed by atoms with Crippen molar-refractivity contribution in [3.63, 3.8) is 0 Å². The molecule has 0 aliphatic rings. The van der Waals surface area contributed by atoms with E-state index in [1.807, 2.05) is 6.08 Å². The fourth-order valence-electron chi connectivity index (χ4n) is 0.824. The van der Waals surface area contributed by atoms with Crippen LogP contribution in [0.2, 0.25) is 0 Å². The molecule has 0 aliphatic carbocycles. The van der Waals surface area contributed by atoms with Crippen molar-refractivity contribution in [2.75, 3.05) is 6.54 Å². The fourth-order valence-corrected chi connectivity index (χ4v) is 0.824. The van der Waals surface area contributed by atoms with E-state index in [9.17, 15) is 0 Å². The van der Waals surface area contributed by atoms with Crippen LogP contribution in [0.3, 0.4) is 0 Å². The topological polar surface area (TPSA) is 12.0 Å². The molecule has 0 amide bonds. The zero-order valence-corrected chi connectivity index (χ0v) is 7.35. The summed E-state index contributed by atoms with van der Waals surface area (Å²) in [5.74, 6) is 0.764. The van der Waals surface area contributed by atoms with Gasteiger partial charge in [0.15, 0.2) is 0 Å². The molecule has 10 heavy (non-hydrogen) atoms. The van der Waals surface area contributed by atoms with Gasteiger partial charge in [0.25, 0.3) is 0 Å². The van der Waals surface area contributed by atoms with E-state index in [2.05, 4.69) is 32.7 Å². The molecule has 0 unspecified atom stereocenters. The summed E-state index contributed by atoms with van der Waals surface area (Å²) in [6.07, 6.45) is 3.14. The molecular weight excluding hydrogens is 122 g/mol. The molecule has 0 aromatic heterocycles. The molecule has 0 saturated carbocycles. The standard InChI is InChI=1S/C9H19N/c1-5-7-10-9(4)8(3)6-2/h5,8-10H,1,6-7H2,2-4H3/t8-,9+/m1/s1. The quantitative estimate of drug-likeness (QED) is 0.579. The SMILES string of the molecule is C=CCN[C@@H](C)[C@H](C)CC. The van der Waals surface area contributed by atoms with E-state index in [1.54, 1.807) is 0 Å². The van der Waals surface area contributed by atoms with E-state index in [0.717, 1.165) is 12.5 Å². The van der Waals surface area contributed by atoms with E-state index in [0.29, 0.717) is 6.04 Å². The highest BCUT2D eigenvalue weighted by molar-refractivity contribution is 4.75. The fraction of sp³-hybridized carbons (Fsp3) is 0.778. The third-order valence-electron chi connectivity index (χ3n) is 2.08. The average molecular weight is 141 g/mol. The Morgan fingerprint density at radius 3 is 2.50 bits per heavy atom. The summed E-state index contributed by atoms with van der Waals surface area (Å²) in [4.78, 5) is 0. The van der Waals surface area contributed by atoms with Gasteiger partial charge in [-0.2, -0.15) is 0 Å². The third-order valence-corrected chi connectivity index (χ3v) is 2.08. The Bertz CT molecular complexity index is 88.7. The van der Waals surface area contributed by atoms with Gasteiger partial charge in [0.2, 0.25) is 0 Å². The van der Waals surface area contributed by atoms with Gasteiger partial charge < -0.3 is 5.32 Å². The molecule has 1 nitrogen and oxygen atoms in total. The molecule has 1 N–H and O–H groups in total. The first-order valence-electron chi connectivity index (χ1n) is 4.06. The Balaban J connectivity index is 3.40. The predicted octanol–water partition coefficient (Wildman–Crippen LogP) is 2.20. The summed E-state index contributed by atoms with van der Waals surface area (Å²) in [5, 5.41) is 3.36. The molecule has 60 valence electrons.